The summed E-state index contributed by atoms with van der Waals surface area (Å²) in [6, 6.07) is 6.46. The van der Waals surface area contributed by atoms with Crippen LogP contribution in [0.2, 0.25) is 0 Å². The molecule has 0 amide bonds. The van der Waals surface area contributed by atoms with Crippen molar-refractivity contribution in [2.45, 2.75) is 45.2 Å². The predicted molar refractivity (Wildman–Crippen MR) is 80.4 cm³/mol. The van der Waals surface area contributed by atoms with Gasteiger partial charge in [0, 0.05) is 31.7 Å². The van der Waals surface area contributed by atoms with E-state index in [1.54, 1.807) is 12.1 Å². The fourth-order valence-corrected chi connectivity index (χ4v) is 3.28. The Hall–Kier alpha value is -0.930. The zero-order valence-electron chi connectivity index (χ0n) is 12.5. The Labute approximate surface area is 121 Å². The molecule has 110 valence electrons. The molecule has 0 spiro atoms. The van der Waals surface area contributed by atoms with E-state index in [1.807, 2.05) is 13.0 Å². The minimum absolute atomic E-state index is 0.129. The van der Waals surface area contributed by atoms with E-state index in [9.17, 15) is 4.39 Å². The van der Waals surface area contributed by atoms with Crippen molar-refractivity contribution in [2.24, 2.45) is 5.92 Å². The number of nitrogens with one attached hydrogen (secondary N) is 1. The molecule has 0 aromatic heterocycles. The van der Waals surface area contributed by atoms with Crippen LogP contribution in [0.1, 0.15) is 30.9 Å². The van der Waals surface area contributed by atoms with Crippen LogP contribution in [0.4, 0.5) is 4.39 Å². The first kappa shape index (κ1) is 14.0. The van der Waals surface area contributed by atoms with Crippen molar-refractivity contribution in [3.8, 4) is 0 Å². The van der Waals surface area contributed by atoms with Crippen LogP contribution in [-0.4, -0.2) is 36.6 Å². The lowest BCUT2D eigenvalue weighted by Crippen LogP contribution is -2.56. The molecule has 0 radical (unpaired) electrons. The van der Waals surface area contributed by atoms with Gasteiger partial charge in [-0.05, 0) is 62.3 Å². The van der Waals surface area contributed by atoms with Gasteiger partial charge in [0.15, 0.2) is 0 Å². The summed E-state index contributed by atoms with van der Waals surface area (Å²) in [7, 11) is 0. The van der Waals surface area contributed by atoms with Crippen LogP contribution < -0.4 is 5.32 Å². The van der Waals surface area contributed by atoms with Gasteiger partial charge in [-0.3, -0.25) is 4.90 Å². The summed E-state index contributed by atoms with van der Waals surface area (Å²) in [6.07, 6.45) is 3.82. The average Bonchev–Trinajstić information content (AvgIpc) is 3.24. The third kappa shape index (κ3) is 3.21. The van der Waals surface area contributed by atoms with Gasteiger partial charge in [0.25, 0.3) is 0 Å². The molecule has 2 fully saturated rings. The fourth-order valence-electron chi connectivity index (χ4n) is 3.28. The molecule has 3 rings (SSSR count). The van der Waals surface area contributed by atoms with Crippen molar-refractivity contribution >= 4 is 0 Å². The second-order valence-electron chi connectivity index (χ2n) is 6.52. The summed E-state index contributed by atoms with van der Waals surface area (Å²) < 4.78 is 13.1. The summed E-state index contributed by atoms with van der Waals surface area (Å²) in [5, 5.41) is 3.69. The molecule has 1 aliphatic carbocycles. The molecule has 1 heterocycles. The van der Waals surface area contributed by atoms with E-state index in [0.717, 1.165) is 31.0 Å². The van der Waals surface area contributed by atoms with Crippen LogP contribution in [-0.2, 0) is 6.42 Å². The Morgan fingerprint density at radius 1 is 1.35 bits per heavy atom. The minimum Gasteiger partial charge on any atom is -0.311 e. The molecule has 1 N–H and O–H groups in total. The first-order valence-electron chi connectivity index (χ1n) is 7.86. The molecule has 3 heteroatoms. The van der Waals surface area contributed by atoms with Gasteiger partial charge in [-0.25, -0.2) is 4.39 Å². The van der Waals surface area contributed by atoms with Gasteiger partial charge < -0.3 is 5.32 Å². The Bertz CT molecular complexity index is 470. The minimum atomic E-state index is -0.129. The summed E-state index contributed by atoms with van der Waals surface area (Å²) in [5.41, 5.74) is 2.35. The normalized spacial score (nSPS) is 27.8. The van der Waals surface area contributed by atoms with Crippen LogP contribution in [0.15, 0.2) is 18.2 Å². The molecule has 1 saturated carbocycles. The number of hydrogen-bond acceptors (Lipinski definition) is 2. The van der Waals surface area contributed by atoms with Gasteiger partial charge in [-0.2, -0.15) is 0 Å². The zero-order valence-corrected chi connectivity index (χ0v) is 12.5. The highest BCUT2D eigenvalue weighted by Crippen LogP contribution is 2.34. The standard InChI is InChI=1S/C17H25FN2/c1-12-9-16(18)6-5-14(12)7-8-20-11-17(15-3-4-15)19-10-13(20)2/h5-6,9,13,15,17,19H,3-4,7-8,10-11H2,1-2H3. The summed E-state index contributed by atoms with van der Waals surface area (Å²) in [5.74, 6) is 0.785. The highest BCUT2D eigenvalue weighted by Gasteiger charge is 2.35. The monoisotopic (exact) mass is 276 g/mol. The molecule has 2 nitrogen and oxygen atoms in total. The van der Waals surface area contributed by atoms with Crippen molar-refractivity contribution in [3.05, 3.63) is 35.1 Å². The highest BCUT2D eigenvalue weighted by molar-refractivity contribution is 5.26. The van der Waals surface area contributed by atoms with E-state index in [2.05, 4.69) is 17.1 Å². The Morgan fingerprint density at radius 3 is 2.85 bits per heavy atom. The fraction of sp³-hybridized carbons (Fsp3) is 0.647. The van der Waals surface area contributed by atoms with Crippen molar-refractivity contribution in [2.75, 3.05) is 19.6 Å². The zero-order chi connectivity index (χ0) is 14.1. The number of nitrogens with zero attached hydrogens (tertiary/aromatic N) is 1. The van der Waals surface area contributed by atoms with Crippen molar-refractivity contribution in [1.29, 1.82) is 0 Å². The van der Waals surface area contributed by atoms with Crippen LogP contribution >= 0.6 is 0 Å². The largest absolute Gasteiger partial charge is 0.311 e. The molecular weight excluding hydrogens is 251 g/mol. The molecule has 1 aromatic carbocycles. The highest BCUT2D eigenvalue weighted by atomic mass is 19.1. The van der Waals surface area contributed by atoms with Crippen LogP contribution in [0.3, 0.4) is 0 Å². The van der Waals surface area contributed by atoms with E-state index < -0.39 is 0 Å². The predicted octanol–water partition coefficient (Wildman–Crippen LogP) is 2.75. The first-order chi connectivity index (χ1) is 9.63. The smallest absolute Gasteiger partial charge is 0.123 e. The second-order valence-corrected chi connectivity index (χ2v) is 6.52. The van der Waals surface area contributed by atoms with Crippen molar-refractivity contribution < 1.29 is 4.39 Å². The van der Waals surface area contributed by atoms with Crippen LogP contribution in [0.25, 0.3) is 0 Å². The molecule has 2 unspecified atom stereocenters. The molecular formula is C17H25FN2. The van der Waals surface area contributed by atoms with Gasteiger partial charge in [0.1, 0.15) is 5.82 Å². The maximum Gasteiger partial charge on any atom is 0.123 e. The van der Waals surface area contributed by atoms with E-state index in [1.165, 1.54) is 24.9 Å². The van der Waals surface area contributed by atoms with Gasteiger partial charge in [-0.1, -0.05) is 6.07 Å². The van der Waals surface area contributed by atoms with Crippen molar-refractivity contribution in [3.63, 3.8) is 0 Å². The average molecular weight is 276 g/mol. The number of rotatable bonds is 4. The van der Waals surface area contributed by atoms with E-state index in [-0.39, 0.29) is 5.82 Å². The first-order valence-corrected chi connectivity index (χ1v) is 7.86. The van der Waals surface area contributed by atoms with Crippen LogP contribution in [0.5, 0.6) is 0 Å². The number of benzene rings is 1. The topological polar surface area (TPSA) is 15.3 Å². The molecule has 1 aromatic rings. The molecule has 2 aliphatic rings. The number of piperazine rings is 1. The third-order valence-corrected chi connectivity index (χ3v) is 4.89. The lowest BCUT2D eigenvalue weighted by atomic mass is 10.0. The molecule has 0 bridgehead atoms. The Kier molecular flexibility index (Phi) is 4.08. The van der Waals surface area contributed by atoms with E-state index in [4.69, 9.17) is 0 Å². The number of aryl methyl sites for hydroxylation is 1. The Morgan fingerprint density at radius 2 is 2.15 bits per heavy atom. The maximum atomic E-state index is 13.1. The summed E-state index contributed by atoms with van der Waals surface area (Å²) >= 11 is 0. The van der Waals surface area contributed by atoms with Crippen molar-refractivity contribution in [1.82, 2.24) is 10.2 Å². The molecule has 1 saturated heterocycles. The second kappa shape index (κ2) is 5.82. The number of halogens is 1. The molecule has 20 heavy (non-hydrogen) atoms. The maximum absolute atomic E-state index is 13.1. The van der Waals surface area contributed by atoms with Gasteiger partial charge in [0.2, 0.25) is 0 Å². The lowest BCUT2D eigenvalue weighted by molar-refractivity contribution is 0.134. The van der Waals surface area contributed by atoms with E-state index >= 15 is 0 Å². The van der Waals surface area contributed by atoms with Gasteiger partial charge in [-0.15, -0.1) is 0 Å². The lowest BCUT2D eigenvalue weighted by Gasteiger charge is -2.39. The molecule has 2 atom stereocenters. The SMILES string of the molecule is Cc1cc(F)ccc1CCN1CC(C2CC2)NCC1C. The van der Waals surface area contributed by atoms with Gasteiger partial charge in [0.05, 0.1) is 0 Å². The number of hydrogen-bond donors (Lipinski definition) is 1. The van der Waals surface area contributed by atoms with Crippen LogP contribution in [0, 0.1) is 18.7 Å². The molecule has 1 aliphatic heterocycles. The quantitative estimate of drug-likeness (QED) is 0.909. The third-order valence-electron chi connectivity index (χ3n) is 4.89. The summed E-state index contributed by atoms with van der Waals surface area (Å²) in [4.78, 5) is 2.60. The summed E-state index contributed by atoms with van der Waals surface area (Å²) in [6.45, 7) is 7.66. The van der Waals surface area contributed by atoms with E-state index in [0.29, 0.717) is 12.1 Å². The van der Waals surface area contributed by atoms with Gasteiger partial charge >= 0.3 is 0 Å². The Balaban J connectivity index is 1.58.